The van der Waals surface area contributed by atoms with Gasteiger partial charge in [0.15, 0.2) is 5.84 Å². The Morgan fingerprint density at radius 2 is 1.80 bits per heavy atom. The van der Waals surface area contributed by atoms with Gasteiger partial charge in [-0.1, -0.05) is 12.1 Å². The van der Waals surface area contributed by atoms with E-state index in [4.69, 9.17) is 14.9 Å². The number of amidine groups is 2. The van der Waals surface area contributed by atoms with Crippen molar-refractivity contribution in [2.75, 3.05) is 7.11 Å². The minimum absolute atomic E-state index is 0.0681. The number of rotatable bonds is 5. The number of carbonyl (C=O) groups is 2. The number of nitrogens with one attached hydrogen (secondary N) is 1. The molecule has 172 valence electrons. The van der Waals surface area contributed by atoms with Crippen LogP contribution in [0.4, 0.5) is 0 Å². The van der Waals surface area contributed by atoms with Gasteiger partial charge >= 0.3 is 5.97 Å². The van der Waals surface area contributed by atoms with E-state index in [1.165, 1.54) is 16.8 Å². The van der Waals surface area contributed by atoms with Crippen molar-refractivity contribution < 1.29 is 19.1 Å². The van der Waals surface area contributed by atoms with Crippen molar-refractivity contribution in [3.8, 4) is 11.5 Å². The van der Waals surface area contributed by atoms with Crippen molar-refractivity contribution in [2.24, 2.45) is 10.1 Å². The van der Waals surface area contributed by atoms with Gasteiger partial charge in [-0.15, -0.1) is 0 Å². The van der Waals surface area contributed by atoms with Crippen molar-refractivity contribution in [2.45, 2.75) is 0 Å². The predicted molar refractivity (Wildman–Crippen MR) is 133 cm³/mol. The summed E-state index contributed by atoms with van der Waals surface area (Å²) in [6.07, 6.45) is 4.88. The molecule has 2 aliphatic heterocycles. The van der Waals surface area contributed by atoms with Crippen LogP contribution in [-0.4, -0.2) is 45.0 Å². The van der Waals surface area contributed by atoms with E-state index in [-0.39, 0.29) is 11.4 Å². The highest BCUT2D eigenvalue weighted by Gasteiger charge is 2.36. The lowest BCUT2D eigenvalue weighted by atomic mass is 10.1. The number of nitrogens with zero attached hydrogens (tertiary/aromatic N) is 4. The number of hydrogen-bond donors (Lipinski definition) is 1. The first kappa shape index (κ1) is 22.2. The van der Waals surface area contributed by atoms with Crippen LogP contribution in [0.3, 0.4) is 0 Å². The summed E-state index contributed by atoms with van der Waals surface area (Å²) < 4.78 is 10.5. The molecule has 0 bridgehead atoms. The molecule has 5 rings (SSSR count). The van der Waals surface area contributed by atoms with Gasteiger partial charge in [0.25, 0.3) is 5.91 Å². The van der Waals surface area contributed by atoms with Crippen LogP contribution in [0, 0.1) is 5.41 Å². The fourth-order valence-electron chi connectivity index (χ4n) is 3.29. The molecule has 0 atom stereocenters. The number of aliphatic imine (C=N–C) groups is 1. The maximum Gasteiger partial charge on any atom is 0.343 e. The van der Waals surface area contributed by atoms with Crippen molar-refractivity contribution in [1.29, 1.82) is 5.41 Å². The zero-order valence-corrected chi connectivity index (χ0v) is 19.2. The van der Waals surface area contributed by atoms with Crippen LogP contribution in [-0.2, 0) is 4.79 Å². The molecule has 3 aromatic rings. The molecule has 0 fully saturated rings. The van der Waals surface area contributed by atoms with Crippen molar-refractivity contribution >= 4 is 45.8 Å². The number of hydrazone groups is 1. The number of carbonyl (C=O) groups excluding carboxylic acids is 2. The Labute approximate surface area is 204 Å². The Hall–Kier alpha value is -4.57. The number of esters is 1. The molecule has 35 heavy (non-hydrogen) atoms. The second-order valence-corrected chi connectivity index (χ2v) is 8.31. The maximum absolute atomic E-state index is 12.6. The Bertz CT molecular complexity index is 1410. The summed E-state index contributed by atoms with van der Waals surface area (Å²) in [6, 6.07) is 16.8. The van der Waals surface area contributed by atoms with E-state index in [9.17, 15) is 9.59 Å². The van der Waals surface area contributed by atoms with Gasteiger partial charge < -0.3 is 9.47 Å². The number of aromatic nitrogens is 1. The average Bonchev–Trinajstić information content (AvgIpc) is 3.32. The Balaban J connectivity index is 1.31. The van der Waals surface area contributed by atoms with Gasteiger partial charge in [-0.25, -0.2) is 4.79 Å². The third kappa shape index (κ3) is 4.59. The largest absolute Gasteiger partial charge is 0.497 e. The molecule has 10 heteroatoms. The zero-order valence-electron chi connectivity index (χ0n) is 18.3. The highest BCUT2D eigenvalue weighted by molar-refractivity contribution is 8.27. The molecule has 0 saturated heterocycles. The number of fused-ring (bicyclic) bond motifs is 1. The maximum atomic E-state index is 12.6. The number of thioether (sulfide) groups is 1. The minimum atomic E-state index is -0.522. The van der Waals surface area contributed by atoms with E-state index in [0.717, 1.165) is 5.56 Å². The van der Waals surface area contributed by atoms with Crippen molar-refractivity contribution in [1.82, 2.24) is 9.99 Å². The van der Waals surface area contributed by atoms with Crippen LogP contribution < -0.4 is 9.47 Å². The first-order valence-electron chi connectivity index (χ1n) is 10.4. The van der Waals surface area contributed by atoms with Gasteiger partial charge in [-0.05, 0) is 71.9 Å². The average molecular weight is 484 g/mol. The zero-order chi connectivity index (χ0) is 24.4. The molecule has 1 N–H and O–H groups in total. The van der Waals surface area contributed by atoms with Crippen LogP contribution in [0.2, 0.25) is 0 Å². The molecule has 0 aliphatic carbocycles. The summed E-state index contributed by atoms with van der Waals surface area (Å²) in [6.45, 7) is 0. The molecular formula is C25H17N5O4S. The lowest BCUT2D eigenvalue weighted by Gasteiger charge is -2.20. The number of pyridine rings is 1. The van der Waals surface area contributed by atoms with Gasteiger partial charge in [0.05, 0.1) is 18.2 Å². The topological polar surface area (TPSA) is 117 Å². The second-order valence-electron chi connectivity index (χ2n) is 7.35. The quantitative estimate of drug-likeness (QED) is 0.331. The Kier molecular flexibility index (Phi) is 5.94. The summed E-state index contributed by atoms with van der Waals surface area (Å²) in [5.74, 6) is -0.101. The van der Waals surface area contributed by atoms with Gasteiger partial charge in [0.1, 0.15) is 16.5 Å². The van der Waals surface area contributed by atoms with E-state index >= 15 is 0 Å². The number of benzene rings is 2. The van der Waals surface area contributed by atoms with E-state index in [0.29, 0.717) is 32.8 Å². The van der Waals surface area contributed by atoms with Crippen LogP contribution in [0.25, 0.3) is 6.08 Å². The number of methoxy groups -OCH3 is 1. The molecule has 1 amide bonds. The monoisotopic (exact) mass is 483 g/mol. The number of ether oxygens (including phenoxy) is 2. The van der Waals surface area contributed by atoms with E-state index in [1.54, 1.807) is 80.2 Å². The minimum Gasteiger partial charge on any atom is -0.497 e. The molecule has 0 unspecified atom stereocenters. The van der Waals surface area contributed by atoms with Gasteiger partial charge in [0.2, 0.25) is 5.17 Å². The lowest BCUT2D eigenvalue weighted by molar-refractivity contribution is -0.114. The summed E-state index contributed by atoms with van der Waals surface area (Å²) in [7, 11) is 1.55. The van der Waals surface area contributed by atoms with Crippen molar-refractivity contribution in [3.63, 3.8) is 0 Å². The molecule has 0 saturated carbocycles. The predicted octanol–water partition coefficient (Wildman–Crippen LogP) is 3.98. The van der Waals surface area contributed by atoms with Crippen LogP contribution in [0.5, 0.6) is 11.5 Å². The number of hydrogen-bond acceptors (Lipinski definition) is 8. The first-order chi connectivity index (χ1) is 17.0. The molecule has 1 aromatic heterocycles. The van der Waals surface area contributed by atoms with Crippen molar-refractivity contribution in [3.05, 3.63) is 95.3 Å². The highest BCUT2D eigenvalue weighted by atomic mass is 32.2. The Morgan fingerprint density at radius 1 is 1.06 bits per heavy atom. The second kappa shape index (κ2) is 9.35. The standard InChI is InChI=1S/C25H17N5O4S/c1-33-18-10-6-16(7-11-18)24(32)34-19-8-4-15(5-9-19)13-20-21(26)30-25(28-22(20)31)35-23(29-30)17-3-2-12-27-14-17/h2-14,26H,1H3/b20-13-,26-21?. The van der Waals surface area contributed by atoms with Crippen LogP contribution in [0.1, 0.15) is 21.5 Å². The normalized spacial score (nSPS) is 16.0. The summed E-state index contributed by atoms with van der Waals surface area (Å²) in [5.41, 5.74) is 1.92. The molecule has 3 heterocycles. The lowest BCUT2D eigenvalue weighted by Crippen LogP contribution is -2.35. The number of amides is 1. The highest BCUT2D eigenvalue weighted by Crippen LogP contribution is 2.30. The van der Waals surface area contributed by atoms with Gasteiger partial charge in [-0.2, -0.15) is 15.1 Å². The van der Waals surface area contributed by atoms with E-state index in [2.05, 4.69) is 15.1 Å². The van der Waals surface area contributed by atoms with E-state index < -0.39 is 11.9 Å². The van der Waals surface area contributed by atoms with Gasteiger partial charge in [0, 0.05) is 18.0 Å². The van der Waals surface area contributed by atoms with Crippen LogP contribution >= 0.6 is 11.8 Å². The Morgan fingerprint density at radius 3 is 2.49 bits per heavy atom. The molecule has 0 radical (unpaired) electrons. The molecule has 2 aromatic carbocycles. The van der Waals surface area contributed by atoms with Gasteiger partial charge in [-0.3, -0.25) is 15.2 Å². The molecule has 0 spiro atoms. The molecular weight excluding hydrogens is 466 g/mol. The third-order valence-corrected chi connectivity index (χ3v) is 6.05. The molecule has 2 aliphatic rings. The summed E-state index contributed by atoms with van der Waals surface area (Å²) in [5, 5.41) is 15.2. The third-order valence-electron chi connectivity index (χ3n) is 5.09. The fraction of sp³-hybridized carbons (Fsp3) is 0.0400. The van der Waals surface area contributed by atoms with E-state index in [1.807, 2.05) is 6.07 Å². The summed E-state index contributed by atoms with van der Waals surface area (Å²) >= 11 is 1.21. The molecule has 9 nitrogen and oxygen atoms in total. The first-order valence-corrected chi connectivity index (χ1v) is 11.2. The SMILES string of the molecule is COc1ccc(C(=O)Oc2ccc(/C=C3/C(=N)N4N=C(c5cccnc5)SC4=NC3=O)cc2)cc1. The van der Waals surface area contributed by atoms with Crippen LogP contribution in [0.15, 0.2) is 88.7 Å². The summed E-state index contributed by atoms with van der Waals surface area (Å²) in [4.78, 5) is 33.2. The smallest absolute Gasteiger partial charge is 0.343 e. The fourth-order valence-corrected chi connectivity index (χ4v) is 4.17.